The van der Waals surface area contributed by atoms with E-state index in [2.05, 4.69) is 18.3 Å². The third kappa shape index (κ3) is 2.39. The zero-order valence-electron chi connectivity index (χ0n) is 11.9. The molecule has 1 aromatic heterocycles. The highest BCUT2D eigenvalue weighted by Crippen LogP contribution is 2.22. The minimum absolute atomic E-state index is 0.713. The first-order valence-electron chi connectivity index (χ1n) is 7.02. The van der Waals surface area contributed by atoms with Crippen molar-refractivity contribution in [1.29, 1.82) is 0 Å². The number of nitrogens with one attached hydrogen (secondary N) is 1. The van der Waals surface area contributed by atoms with Gasteiger partial charge in [-0.15, -0.1) is 0 Å². The zero-order chi connectivity index (χ0) is 13.9. The lowest BCUT2D eigenvalue weighted by molar-refractivity contribution is 0.410. The maximum Gasteiger partial charge on any atom is 0.133 e. The highest BCUT2D eigenvalue weighted by Gasteiger charge is 2.18. The lowest BCUT2D eigenvalue weighted by atomic mass is 10.1. The van der Waals surface area contributed by atoms with Crippen LogP contribution < -0.4 is 10.1 Å². The van der Waals surface area contributed by atoms with Crippen LogP contribution in [-0.2, 0) is 25.9 Å². The van der Waals surface area contributed by atoms with E-state index < -0.39 is 0 Å². The van der Waals surface area contributed by atoms with Gasteiger partial charge in [0.2, 0.25) is 0 Å². The lowest BCUT2D eigenvalue weighted by Gasteiger charge is -2.10. The largest absolute Gasteiger partial charge is 0.496 e. The minimum Gasteiger partial charge on any atom is -0.496 e. The third-order valence-electron chi connectivity index (χ3n) is 3.69. The van der Waals surface area contributed by atoms with Crippen LogP contribution in [0.25, 0.3) is 0 Å². The predicted octanol–water partition coefficient (Wildman–Crippen LogP) is 2.24. The summed E-state index contributed by atoms with van der Waals surface area (Å²) in [4.78, 5) is 9.43. The second-order valence-electron chi connectivity index (χ2n) is 4.96. The van der Waals surface area contributed by atoms with Crippen molar-refractivity contribution >= 4 is 0 Å². The molecule has 1 N–H and O–H groups in total. The molecule has 3 rings (SSSR count). The zero-order valence-corrected chi connectivity index (χ0v) is 11.9. The fourth-order valence-corrected chi connectivity index (χ4v) is 2.69. The molecule has 1 aromatic carbocycles. The van der Waals surface area contributed by atoms with Gasteiger partial charge in [0.1, 0.15) is 11.6 Å². The van der Waals surface area contributed by atoms with Gasteiger partial charge in [0.05, 0.1) is 12.8 Å². The summed E-state index contributed by atoms with van der Waals surface area (Å²) in [6.07, 6.45) is 1.66. The summed E-state index contributed by atoms with van der Waals surface area (Å²) in [5.74, 6) is 1.78. The second kappa shape index (κ2) is 5.59. The first-order valence-corrected chi connectivity index (χ1v) is 7.02. The summed E-state index contributed by atoms with van der Waals surface area (Å²) in [6, 6.07) is 8.05. The molecule has 0 fully saturated rings. The van der Waals surface area contributed by atoms with E-state index in [-0.39, 0.29) is 0 Å². The van der Waals surface area contributed by atoms with Crippen molar-refractivity contribution in [2.24, 2.45) is 0 Å². The molecule has 0 saturated carbocycles. The van der Waals surface area contributed by atoms with Crippen LogP contribution in [0.3, 0.4) is 0 Å². The van der Waals surface area contributed by atoms with Crippen molar-refractivity contribution in [2.45, 2.75) is 32.9 Å². The maximum atomic E-state index is 5.40. The van der Waals surface area contributed by atoms with E-state index in [0.29, 0.717) is 6.42 Å². The highest BCUT2D eigenvalue weighted by molar-refractivity contribution is 5.36. The van der Waals surface area contributed by atoms with Gasteiger partial charge < -0.3 is 10.1 Å². The molecule has 0 amide bonds. The Hall–Kier alpha value is -1.94. The van der Waals surface area contributed by atoms with Crippen LogP contribution in [0.2, 0.25) is 0 Å². The van der Waals surface area contributed by atoms with E-state index in [1.165, 1.54) is 11.3 Å². The van der Waals surface area contributed by atoms with Crippen LogP contribution in [0.4, 0.5) is 0 Å². The quantitative estimate of drug-likeness (QED) is 0.924. The molecule has 1 aliphatic rings. The van der Waals surface area contributed by atoms with Gasteiger partial charge in [-0.3, -0.25) is 0 Å². The average Bonchev–Trinajstić information content (AvgIpc) is 2.95. The summed E-state index contributed by atoms with van der Waals surface area (Å²) in [5, 5.41) is 3.35. The molecule has 4 nitrogen and oxygen atoms in total. The molecular weight excluding hydrogens is 250 g/mol. The van der Waals surface area contributed by atoms with Crippen LogP contribution in [0.15, 0.2) is 24.3 Å². The maximum absolute atomic E-state index is 5.40. The average molecular weight is 269 g/mol. The molecule has 0 aliphatic carbocycles. The van der Waals surface area contributed by atoms with Crippen molar-refractivity contribution in [3.8, 4) is 5.75 Å². The molecule has 2 aromatic rings. The molecule has 1 aliphatic heterocycles. The van der Waals surface area contributed by atoms with E-state index in [9.17, 15) is 0 Å². The number of rotatable bonds is 4. The lowest BCUT2D eigenvalue weighted by Crippen LogP contribution is -2.06. The van der Waals surface area contributed by atoms with Crippen LogP contribution in [0, 0.1) is 0 Å². The standard InChI is InChI=1S/C16H19N3O/c1-3-13-12-9-17-10-14(12)19-16(18-13)8-11-6-4-5-7-15(11)20-2/h4-7,17H,3,8-10H2,1-2H3. The Morgan fingerprint density at radius 1 is 1.20 bits per heavy atom. The molecule has 20 heavy (non-hydrogen) atoms. The Morgan fingerprint density at radius 2 is 2.05 bits per heavy atom. The minimum atomic E-state index is 0.713. The summed E-state index contributed by atoms with van der Waals surface area (Å²) < 4.78 is 5.40. The van der Waals surface area contributed by atoms with Gasteiger partial charge >= 0.3 is 0 Å². The summed E-state index contributed by atoms with van der Waals surface area (Å²) in [7, 11) is 1.70. The normalized spacial score (nSPS) is 13.3. The number of nitrogens with zero attached hydrogens (tertiary/aromatic N) is 2. The first-order chi connectivity index (χ1) is 9.81. The Kier molecular flexibility index (Phi) is 3.65. The van der Waals surface area contributed by atoms with Crippen molar-refractivity contribution in [2.75, 3.05) is 7.11 Å². The molecule has 4 heteroatoms. The molecule has 0 saturated heterocycles. The second-order valence-corrected chi connectivity index (χ2v) is 4.96. The van der Waals surface area contributed by atoms with Crippen LogP contribution in [0.5, 0.6) is 5.75 Å². The number of hydrogen-bond donors (Lipinski definition) is 1. The number of methoxy groups -OCH3 is 1. The van der Waals surface area contributed by atoms with Crippen molar-refractivity contribution in [3.05, 3.63) is 52.6 Å². The molecule has 0 spiro atoms. The third-order valence-corrected chi connectivity index (χ3v) is 3.69. The summed E-state index contributed by atoms with van der Waals surface area (Å²) >= 11 is 0. The van der Waals surface area contributed by atoms with E-state index in [4.69, 9.17) is 14.7 Å². The van der Waals surface area contributed by atoms with Crippen molar-refractivity contribution in [1.82, 2.24) is 15.3 Å². The van der Waals surface area contributed by atoms with Crippen LogP contribution in [0.1, 0.15) is 35.3 Å². The molecular formula is C16H19N3O. The van der Waals surface area contributed by atoms with Crippen LogP contribution in [-0.4, -0.2) is 17.1 Å². The molecule has 0 atom stereocenters. The van der Waals surface area contributed by atoms with Gasteiger partial charge in [0, 0.05) is 36.3 Å². The number of para-hydroxylation sites is 1. The molecule has 0 bridgehead atoms. The predicted molar refractivity (Wildman–Crippen MR) is 77.8 cm³/mol. The van der Waals surface area contributed by atoms with Gasteiger partial charge in [-0.05, 0) is 12.5 Å². The summed E-state index contributed by atoms with van der Waals surface area (Å²) in [6.45, 7) is 3.89. The number of ether oxygens (including phenoxy) is 1. The van der Waals surface area contributed by atoms with E-state index in [1.807, 2.05) is 18.2 Å². The van der Waals surface area contributed by atoms with E-state index in [0.717, 1.165) is 42.3 Å². The number of aryl methyl sites for hydroxylation is 1. The van der Waals surface area contributed by atoms with Gasteiger partial charge in [0.15, 0.2) is 0 Å². The fourth-order valence-electron chi connectivity index (χ4n) is 2.69. The number of benzene rings is 1. The topological polar surface area (TPSA) is 47.0 Å². The van der Waals surface area contributed by atoms with Gasteiger partial charge in [-0.1, -0.05) is 25.1 Å². The monoisotopic (exact) mass is 269 g/mol. The van der Waals surface area contributed by atoms with Crippen molar-refractivity contribution in [3.63, 3.8) is 0 Å². The number of hydrogen-bond acceptors (Lipinski definition) is 4. The Morgan fingerprint density at radius 3 is 2.85 bits per heavy atom. The summed E-state index contributed by atoms with van der Waals surface area (Å²) in [5.41, 5.74) is 4.74. The fraction of sp³-hybridized carbons (Fsp3) is 0.375. The highest BCUT2D eigenvalue weighted by atomic mass is 16.5. The van der Waals surface area contributed by atoms with Crippen molar-refractivity contribution < 1.29 is 4.74 Å². The van der Waals surface area contributed by atoms with E-state index in [1.54, 1.807) is 7.11 Å². The Balaban J connectivity index is 1.95. The van der Waals surface area contributed by atoms with Gasteiger partial charge in [0.25, 0.3) is 0 Å². The number of fused-ring (bicyclic) bond motifs is 1. The first kappa shape index (κ1) is 13.1. The Labute approximate surface area is 119 Å². The molecule has 0 radical (unpaired) electrons. The smallest absolute Gasteiger partial charge is 0.133 e. The molecule has 2 heterocycles. The van der Waals surface area contributed by atoms with Gasteiger partial charge in [-0.25, -0.2) is 9.97 Å². The van der Waals surface area contributed by atoms with Crippen LogP contribution >= 0.6 is 0 Å². The Bertz CT molecular complexity index is 625. The SMILES string of the molecule is CCc1nc(Cc2ccccc2OC)nc2c1CNC2. The van der Waals surface area contributed by atoms with Gasteiger partial charge in [-0.2, -0.15) is 0 Å². The number of aromatic nitrogens is 2. The van der Waals surface area contributed by atoms with E-state index >= 15 is 0 Å². The molecule has 104 valence electrons. The molecule has 0 unspecified atom stereocenters.